The van der Waals surface area contributed by atoms with E-state index in [-0.39, 0.29) is 24.4 Å². The summed E-state index contributed by atoms with van der Waals surface area (Å²) in [6.07, 6.45) is 8.71. The van der Waals surface area contributed by atoms with Crippen LogP contribution in [0.4, 0.5) is 0 Å². The second kappa shape index (κ2) is 7.77. The Bertz CT molecular complexity index is 690. The summed E-state index contributed by atoms with van der Waals surface area (Å²) in [6, 6.07) is 9.75. The maximum atomic E-state index is 12.3. The van der Waals surface area contributed by atoms with Gasteiger partial charge in [0.25, 0.3) is 5.91 Å². The molecule has 1 aliphatic carbocycles. The van der Waals surface area contributed by atoms with Gasteiger partial charge in [-0.3, -0.25) is 14.2 Å². The zero-order valence-corrected chi connectivity index (χ0v) is 13.6. The smallest absolute Gasteiger partial charge is 0.270 e. The standard InChI is InChI=1S/C18H22N4O2/c23-17(21-14-7-3-1-4-8-14)12-20-18(24)16-11-19-13-22(16)15-9-5-2-6-10-15/h2,5-6,9-11,13-14H,1,3-4,7-8,12H2,(H,20,24)(H,21,23). The second-order valence-corrected chi connectivity index (χ2v) is 6.07. The highest BCUT2D eigenvalue weighted by atomic mass is 16.2. The van der Waals surface area contributed by atoms with Crippen LogP contribution in [0, 0.1) is 0 Å². The first-order valence-electron chi connectivity index (χ1n) is 8.39. The van der Waals surface area contributed by atoms with Gasteiger partial charge in [-0.25, -0.2) is 4.98 Å². The molecule has 6 nitrogen and oxygen atoms in total. The van der Waals surface area contributed by atoms with E-state index in [4.69, 9.17) is 0 Å². The summed E-state index contributed by atoms with van der Waals surface area (Å²) in [5.74, 6) is -0.448. The molecule has 2 N–H and O–H groups in total. The van der Waals surface area contributed by atoms with E-state index in [0.29, 0.717) is 5.69 Å². The van der Waals surface area contributed by atoms with Gasteiger partial charge in [0, 0.05) is 11.7 Å². The highest BCUT2D eigenvalue weighted by molar-refractivity contribution is 5.95. The molecule has 2 amide bonds. The van der Waals surface area contributed by atoms with Crippen LogP contribution in [0.1, 0.15) is 42.6 Å². The Kier molecular flexibility index (Phi) is 5.25. The summed E-state index contributed by atoms with van der Waals surface area (Å²) >= 11 is 0. The van der Waals surface area contributed by atoms with Crippen LogP contribution in [-0.2, 0) is 4.79 Å². The minimum Gasteiger partial charge on any atom is -0.352 e. The van der Waals surface area contributed by atoms with E-state index in [1.807, 2.05) is 30.3 Å². The van der Waals surface area contributed by atoms with Crippen LogP contribution in [-0.4, -0.2) is 34.0 Å². The van der Waals surface area contributed by atoms with Gasteiger partial charge in [0.15, 0.2) is 0 Å². The van der Waals surface area contributed by atoms with Crippen molar-refractivity contribution in [1.82, 2.24) is 20.2 Å². The summed E-state index contributed by atoms with van der Waals surface area (Å²) in [6.45, 7) is -0.0185. The molecule has 1 aliphatic rings. The van der Waals surface area contributed by atoms with Crippen LogP contribution < -0.4 is 10.6 Å². The molecule has 6 heteroatoms. The Morgan fingerprint density at radius 2 is 1.88 bits per heavy atom. The Labute approximate surface area is 141 Å². The summed E-state index contributed by atoms with van der Waals surface area (Å²) in [4.78, 5) is 28.4. The van der Waals surface area contributed by atoms with Crippen molar-refractivity contribution in [3.63, 3.8) is 0 Å². The summed E-state index contributed by atoms with van der Waals surface area (Å²) in [7, 11) is 0. The summed E-state index contributed by atoms with van der Waals surface area (Å²) in [5.41, 5.74) is 1.26. The number of hydrogen-bond donors (Lipinski definition) is 2. The number of benzene rings is 1. The number of rotatable bonds is 5. The highest BCUT2D eigenvalue weighted by Crippen LogP contribution is 2.17. The SMILES string of the molecule is O=C(CNC(=O)c1cncn1-c1ccccc1)NC1CCCCC1. The Morgan fingerprint density at radius 3 is 2.62 bits per heavy atom. The first-order valence-corrected chi connectivity index (χ1v) is 8.39. The molecule has 2 aromatic rings. The number of carbonyl (C=O) groups is 2. The van der Waals surface area contributed by atoms with E-state index >= 15 is 0 Å². The van der Waals surface area contributed by atoms with E-state index < -0.39 is 0 Å². The molecule has 1 aromatic heterocycles. The van der Waals surface area contributed by atoms with Crippen molar-refractivity contribution in [2.45, 2.75) is 38.1 Å². The quantitative estimate of drug-likeness (QED) is 0.883. The highest BCUT2D eigenvalue weighted by Gasteiger charge is 2.17. The van der Waals surface area contributed by atoms with Gasteiger partial charge in [-0.15, -0.1) is 0 Å². The van der Waals surface area contributed by atoms with E-state index in [1.54, 1.807) is 10.9 Å². The number of imidazole rings is 1. The molecule has 126 valence electrons. The molecule has 0 radical (unpaired) electrons. The molecule has 0 unspecified atom stereocenters. The predicted octanol–water partition coefficient (Wildman–Crippen LogP) is 2.05. The number of para-hydroxylation sites is 1. The number of hydrogen-bond acceptors (Lipinski definition) is 3. The average Bonchev–Trinajstić information content (AvgIpc) is 3.11. The van der Waals surface area contributed by atoms with Crippen LogP contribution in [0.3, 0.4) is 0 Å². The Hall–Kier alpha value is -2.63. The number of carbonyl (C=O) groups excluding carboxylic acids is 2. The zero-order valence-electron chi connectivity index (χ0n) is 13.6. The maximum absolute atomic E-state index is 12.3. The number of nitrogens with one attached hydrogen (secondary N) is 2. The molecule has 1 heterocycles. The van der Waals surface area contributed by atoms with Gasteiger partial charge in [-0.1, -0.05) is 37.5 Å². The molecule has 0 aliphatic heterocycles. The van der Waals surface area contributed by atoms with Crippen LogP contribution >= 0.6 is 0 Å². The van der Waals surface area contributed by atoms with Crippen LogP contribution in [0.15, 0.2) is 42.9 Å². The molecule has 0 saturated heterocycles. The lowest BCUT2D eigenvalue weighted by Crippen LogP contribution is -2.42. The Balaban J connectivity index is 1.56. The van der Waals surface area contributed by atoms with Gasteiger partial charge < -0.3 is 10.6 Å². The van der Waals surface area contributed by atoms with Crippen molar-refractivity contribution in [2.24, 2.45) is 0 Å². The summed E-state index contributed by atoms with van der Waals surface area (Å²) in [5, 5.41) is 5.66. The zero-order chi connectivity index (χ0) is 16.8. The van der Waals surface area contributed by atoms with Gasteiger partial charge in [-0.05, 0) is 25.0 Å². The van der Waals surface area contributed by atoms with E-state index in [2.05, 4.69) is 15.6 Å². The number of aromatic nitrogens is 2. The monoisotopic (exact) mass is 326 g/mol. The van der Waals surface area contributed by atoms with Gasteiger partial charge in [0.1, 0.15) is 5.69 Å². The molecule has 1 fully saturated rings. The number of amides is 2. The molecule has 3 rings (SSSR count). The first kappa shape index (κ1) is 16.2. The van der Waals surface area contributed by atoms with Crippen molar-refractivity contribution >= 4 is 11.8 Å². The van der Waals surface area contributed by atoms with Gasteiger partial charge in [-0.2, -0.15) is 0 Å². The fourth-order valence-electron chi connectivity index (χ4n) is 3.03. The average molecular weight is 326 g/mol. The first-order chi connectivity index (χ1) is 11.7. The van der Waals surface area contributed by atoms with E-state index in [9.17, 15) is 9.59 Å². The van der Waals surface area contributed by atoms with Crippen molar-refractivity contribution in [2.75, 3.05) is 6.54 Å². The normalized spacial score (nSPS) is 15.0. The fraction of sp³-hybridized carbons (Fsp3) is 0.389. The number of nitrogens with zero attached hydrogens (tertiary/aromatic N) is 2. The minimum atomic E-state index is -0.310. The van der Waals surface area contributed by atoms with Crippen molar-refractivity contribution in [3.05, 3.63) is 48.5 Å². The Morgan fingerprint density at radius 1 is 1.12 bits per heavy atom. The van der Waals surface area contributed by atoms with Crippen molar-refractivity contribution in [1.29, 1.82) is 0 Å². The minimum absolute atomic E-state index is 0.0185. The molecule has 1 aromatic carbocycles. The lowest BCUT2D eigenvalue weighted by Gasteiger charge is -2.22. The second-order valence-electron chi connectivity index (χ2n) is 6.07. The summed E-state index contributed by atoms with van der Waals surface area (Å²) < 4.78 is 1.70. The lowest BCUT2D eigenvalue weighted by molar-refractivity contribution is -0.121. The van der Waals surface area contributed by atoms with Crippen LogP contribution in [0.25, 0.3) is 5.69 Å². The fourth-order valence-corrected chi connectivity index (χ4v) is 3.03. The molecular formula is C18H22N4O2. The third-order valence-electron chi connectivity index (χ3n) is 4.29. The lowest BCUT2D eigenvalue weighted by atomic mass is 9.95. The third-order valence-corrected chi connectivity index (χ3v) is 4.29. The van der Waals surface area contributed by atoms with Crippen LogP contribution in [0.5, 0.6) is 0 Å². The third kappa shape index (κ3) is 4.01. The van der Waals surface area contributed by atoms with Gasteiger partial charge >= 0.3 is 0 Å². The topological polar surface area (TPSA) is 76.0 Å². The molecular weight excluding hydrogens is 304 g/mol. The molecule has 24 heavy (non-hydrogen) atoms. The molecule has 0 bridgehead atoms. The van der Waals surface area contributed by atoms with Gasteiger partial charge in [0.05, 0.1) is 19.1 Å². The van der Waals surface area contributed by atoms with Crippen molar-refractivity contribution in [3.8, 4) is 5.69 Å². The maximum Gasteiger partial charge on any atom is 0.270 e. The van der Waals surface area contributed by atoms with E-state index in [1.165, 1.54) is 12.6 Å². The predicted molar refractivity (Wildman–Crippen MR) is 90.9 cm³/mol. The van der Waals surface area contributed by atoms with Crippen molar-refractivity contribution < 1.29 is 9.59 Å². The van der Waals surface area contributed by atoms with Gasteiger partial charge in [0.2, 0.25) is 5.91 Å². The molecule has 0 spiro atoms. The van der Waals surface area contributed by atoms with Crippen LogP contribution in [0.2, 0.25) is 0 Å². The largest absolute Gasteiger partial charge is 0.352 e. The molecule has 0 atom stereocenters. The van der Waals surface area contributed by atoms with E-state index in [0.717, 1.165) is 31.4 Å². The molecule has 1 saturated carbocycles.